The zero-order valence-corrected chi connectivity index (χ0v) is 18.5. The van der Waals surface area contributed by atoms with Crippen LogP contribution in [0.5, 0.6) is 5.75 Å². The van der Waals surface area contributed by atoms with E-state index in [0.717, 1.165) is 5.56 Å². The fourth-order valence-corrected chi connectivity index (χ4v) is 4.29. The first-order valence-electron chi connectivity index (χ1n) is 9.07. The Balaban J connectivity index is 2.62. The van der Waals surface area contributed by atoms with Crippen molar-refractivity contribution in [1.29, 1.82) is 0 Å². The molecule has 2 aromatic rings. The maximum absolute atomic E-state index is 13.2. The minimum absolute atomic E-state index is 0.0165. The van der Waals surface area contributed by atoms with Crippen molar-refractivity contribution in [3.63, 3.8) is 0 Å². The second-order valence-electron chi connectivity index (χ2n) is 6.86. The van der Waals surface area contributed by atoms with Gasteiger partial charge in [0.05, 0.1) is 43.0 Å². The summed E-state index contributed by atoms with van der Waals surface area (Å²) in [7, 11) is -0.201. The smallest absolute Gasteiger partial charge is 0.339 e. The number of benzene rings is 2. The van der Waals surface area contributed by atoms with Gasteiger partial charge in [-0.25, -0.2) is 18.0 Å². The number of carbonyl (C=O) groups is 2. The highest BCUT2D eigenvalue weighted by Crippen LogP contribution is 2.33. The average molecular weight is 435 g/mol. The summed E-state index contributed by atoms with van der Waals surface area (Å²) in [6.45, 7) is 5.49. The molecule has 0 aliphatic heterocycles. The maximum atomic E-state index is 13.2. The molecule has 0 spiro atoms. The van der Waals surface area contributed by atoms with Crippen LogP contribution in [0.4, 0.5) is 5.69 Å². The molecule has 0 heterocycles. The Bertz CT molecular complexity index is 1080. The second kappa shape index (κ2) is 9.17. The van der Waals surface area contributed by atoms with E-state index in [2.05, 4.69) is 9.46 Å². The lowest BCUT2D eigenvalue weighted by atomic mass is 10.0. The minimum atomic E-state index is -4.10. The van der Waals surface area contributed by atoms with Gasteiger partial charge in [0, 0.05) is 0 Å². The molecule has 8 nitrogen and oxygen atoms in total. The number of anilines is 1. The molecule has 0 aromatic heterocycles. The third-order valence-electron chi connectivity index (χ3n) is 4.53. The predicted octanol–water partition coefficient (Wildman–Crippen LogP) is 3.50. The van der Waals surface area contributed by atoms with Gasteiger partial charge in [0.25, 0.3) is 10.0 Å². The Morgan fingerprint density at radius 1 is 0.967 bits per heavy atom. The molecule has 0 fully saturated rings. The monoisotopic (exact) mass is 435 g/mol. The first-order valence-corrected chi connectivity index (χ1v) is 10.6. The van der Waals surface area contributed by atoms with Crippen LogP contribution in [0.2, 0.25) is 0 Å². The van der Waals surface area contributed by atoms with Gasteiger partial charge in [-0.15, -0.1) is 0 Å². The number of carbonyl (C=O) groups excluding carboxylic acids is 2. The summed E-state index contributed by atoms with van der Waals surface area (Å²) < 4.78 is 43.5. The molecule has 2 aromatic carbocycles. The normalized spacial score (nSPS) is 11.2. The number of esters is 2. The molecule has 0 saturated heterocycles. The van der Waals surface area contributed by atoms with Gasteiger partial charge in [-0.3, -0.25) is 4.72 Å². The molecule has 0 aliphatic rings. The number of sulfonamides is 1. The number of rotatable bonds is 7. The molecule has 0 bridgehead atoms. The van der Waals surface area contributed by atoms with Crippen LogP contribution in [0.3, 0.4) is 0 Å². The number of nitrogens with one attached hydrogen (secondary N) is 1. The number of hydrogen-bond acceptors (Lipinski definition) is 7. The molecule has 9 heteroatoms. The highest BCUT2D eigenvalue weighted by Gasteiger charge is 2.24. The van der Waals surface area contributed by atoms with Gasteiger partial charge in [0.1, 0.15) is 5.75 Å². The quantitative estimate of drug-likeness (QED) is 0.663. The summed E-state index contributed by atoms with van der Waals surface area (Å²) in [4.78, 5) is 24.0. The van der Waals surface area contributed by atoms with E-state index >= 15 is 0 Å². The molecule has 0 unspecified atom stereocenters. The van der Waals surface area contributed by atoms with E-state index < -0.39 is 22.0 Å². The Morgan fingerprint density at radius 2 is 1.60 bits per heavy atom. The van der Waals surface area contributed by atoms with Gasteiger partial charge in [-0.2, -0.15) is 0 Å². The van der Waals surface area contributed by atoms with Crippen LogP contribution in [-0.4, -0.2) is 41.7 Å². The van der Waals surface area contributed by atoms with Gasteiger partial charge in [-0.05, 0) is 54.3 Å². The minimum Gasteiger partial charge on any atom is -0.496 e. The lowest BCUT2D eigenvalue weighted by Crippen LogP contribution is -2.18. The summed E-state index contributed by atoms with van der Waals surface area (Å²) in [5.74, 6) is -0.819. The van der Waals surface area contributed by atoms with Crippen molar-refractivity contribution in [3.05, 3.63) is 52.6 Å². The lowest BCUT2D eigenvalue weighted by Gasteiger charge is -2.18. The van der Waals surface area contributed by atoms with Crippen LogP contribution in [0.1, 0.15) is 51.6 Å². The van der Waals surface area contributed by atoms with E-state index in [9.17, 15) is 18.0 Å². The first-order chi connectivity index (χ1) is 14.0. The number of hydrogen-bond donors (Lipinski definition) is 1. The van der Waals surface area contributed by atoms with Crippen molar-refractivity contribution in [2.75, 3.05) is 26.1 Å². The van der Waals surface area contributed by atoms with Gasteiger partial charge in [-0.1, -0.05) is 13.8 Å². The Labute approximate surface area is 176 Å². The van der Waals surface area contributed by atoms with Gasteiger partial charge in [0.2, 0.25) is 0 Å². The van der Waals surface area contributed by atoms with E-state index in [-0.39, 0.29) is 27.6 Å². The Hall–Kier alpha value is -3.07. The van der Waals surface area contributed by atoms with Crippen molar-refractivity contribution in [1.82, 2.24) is 0 Å². The van der Waals surface area contributed by atoms with Gasteiger partial charge < -0.3 is 14.2 Å². The fourth-order valence-electron chi connectivity index (χ4n) is 2.96. The zero-order valence-electron chi connectivity index (χ0n) is 17.7. The number of aryl methyl sites for hydroxylation is 1. The molecular weight excluding hydrogens is 410 g/mol. The summed E-state index contributed by atoms with van der Waals surface area (Å²) >= 11 is 0. The van der Waals surface area contributed by atoms with Crippen LogP contribution < -0.4 is 9.46 Å². The topological polar surface area (TPSA) is 108 Å². The van der Waals surface area contributed by atoms with Crippen LogP contribution in [-0.2, 0) is 19.5 Å². The van der Waals surface area contributed by atoms with Crippen LogP contribution >= 0.6 is 0 Å². The number of ether oxygens (including phenoxy) is 3. The van der Waals surface area contributed by atoms with Crippen LogP contribution in [0.25, 0.3) is 0 Å². The second-order valence-corrected chi connectivity index (χ2v) is 8.51. The zero-order chi connectivity index (χ0) is 22.6. The summed E-state index contributed by atoms with van der Waals surface area (Å²) in [6, 6.07) is 7.08. The summed E-state index contributed by atoms with van der Waals surface area (Å²) in [5, 5.41) is 0. The highest BCUT2D eigenvalue weighted by molar-refractivity contribution is 7.92. The average Bonchev–Trinajstić information content (AvgIpc) is 2.71. The van der Waals surface area contributed by atoms with E-state index in [1.807, 2.05) is 13.8 Å². The van der Waals surface area contributed by atoms with Gasteiger partial charge >= 0.3 is 11.9 Å². The Morgan fingerprint density at radius 3 is 2.13 bits per heavy atom. The predicted molar refractivity (Wildman–Crippen MR) is 112 cm³/mol. The molecule has 0 atom stereocenters. The van der Waals surface area contributed by atoms with E-state index in [0.29, 0.717) is 11.3 Å². The Kier molecular flexibility index (Phi) is 7.09. The van der Waals surface area contributed by atoms with E-state index in [4.69, 9.17) is 9.47 Å². The SMILES string of the molecule is COC(=O)c1ccc(C(=O)OC)c(NS(=O)(=O)c2cc(C(C)C)c(OC)cc2C)c1. The highest BCUT2D eigenvalue weighted by atomic mass is 32.2. The third kappa shape index (κ3) is 4.73. The molecule has 1 N–H and O–H groups in total. The molecule has 2 rings (SSSR count). The maximum Gasteiger partial charge on any atom is 0.339 e. The fraction of sp³-hybridized carbons (Fsp3) is 0.333. The van der Waals surface area contributed by atoms with Crippen molar-refractivity contribution in [2.24, 2.45) is 0 Å². The van der Waals surface area contributed by atoms with E-state index in [1.165, 1.54) is 39.5 Å². The largest absolute Gasteiger partial charge is 0.496 e. The summed E-state index contributed by atoms with van der Waals surface area (Å²) in [6.07, 6.45) is 0. The molecule has 30 heavy (non-hydrogen) atoms. The molecular formula is C21H25NO7S. The van der Waals surface area contributed by atoms with Crippen molar-refractivity contribution in [3.8, 4) is 5.75 Å². The molecule has 0 saturated carbocycles. The molecule has 0 aliphatic carbocycles. The number of methoxy groups -OCH3 is 3. The van der Waals surface area contributed by atoms with E-state index in [1.54, 1.807) is 19.1 Å². The lowest BCUT2D eigenvalue weighted by molar-refractivity contribution is 0.0587. The van der Waals surface area contributed by atoms with Crippen molar-refractivity contribution >= 4 is 27.6 Å². The molecule has 162 valence electrons. The third-order valence-corrected chi connectivity index (χ3v) is 6.04. The molecule has 0 amide bonds. The molecule has 0 radical (unpaired) electrons. The van der Waals surface area contributed by atoms with Crippen LogP contribution in [0.15, 0.2) is 35.2 Å². The standard InChI is InChI=1S/C21H25NO7S/c1-12(2)16-11-19(13(3)9-18(16)27-4)30(25,26)22-17-10-14(20(23)28-5)7-8-15(17)21(24)29-6/h7-12,22H,1-6H3. The van der Waals surface area contributed by atoms with Gasteiger partial charge in [0.15, 0.2) is 0 Å². The van der Waals surface area contributed by atoms with Crippen molar-refractivity contribution < 1.29 is 32.2 Å². The first kappa shape index (κ1) is 23.2. The van der Waals surface area contributed by atoms with Crippen LogP contribution in [0, 0.1) is 6.92 Å². The van der Waals surface area contributed by atoms with Crippen molar-refractivity contribution in [2.45, 2.75) is 31.6 Å². The summed E-state index contributed by atoms with van der Waals surface area (Å²) in [5.41, 5.74) is 1.14.